The number of hydrogen-bond donors (Lipinski definition) is 0. The summed E-state index contributed by atoms with van der Waals surface area (Å²) in [5.41, 5.74) is 6.77. The second kappa shape index (κ2) is 6.16. The molecule has 0 saturated carbocycles. The third-order valence-corrected chi connectivity index (χ3v) is 4.01. The van der Waals surface area contributed by atoms with Gasteiger partial charge in [0.25, 0.3) is 0 Å². The fraction of sp³-hybridized carbons (Fsp3) is 0.600. The number of hydrogen-bond acceptors (Lipinski definition) is 0. The largest absolute Gasteiger partial charge is 0.0775 e. The van der Waals surface area contributed by atoms with Gasteiger partial charge in [-0.2, -0.15) is 0 Å². The lowest BCUT2D eigenvalue weighted by atomic mass is 9.85. The molecule has 2 aliphatic carbocycles. The van der Waals surface area contributed by atoms with Crippen LogP contribution < -0.4 is 0 Å². The zero-order valence-corrected chi connectivity index (χ0v) is 14.7. The van der Waals surface area contributed by atoms with E-state index in [0.29, 0.717) is 10.8 Å². The molecule has 0 bridgehead atoms. The normalized spacial score (nSPS) is 18.8. The van der Waals surface area contributed by atoms with Gasteiger partial charge in [-0.15, -0.1) is 0 Å². The van der Waals surface area contributed by atoms with Crippen LogP contribution in [0.2, 0.25) is 0 Å². The predicted octanol–water partition coefficient (Wildman–Crippen LogP) is 6.62. The lowest BCUT2D eigenvalue weighted by molar-refractivity contribution is 0.494. The zero-order chi connectivity index (χ0) is 15.6. The minimum absolute atomic E-state index is 0.369. The molecular formula is C20H32. The molecule has 0 N–H and O–H groups in total. The van der Waals surface area contributed by atoms with Crippen molar-refractivity contribution >= 4 is 0 Å². The van der Waals surface area contributed by atoms with Gasteiger partial charge in [-0.1, -0.05) is 88.1 Å². The Bertz CT molecular complexity index is 465. The van der Waals surface area contributed by atoms with E-state index in [1.165, 1.54) is 17.6 Å². The van der Waals surface area contributed by atoms with E-state index < -0.39 is 0 Å². The first-order valence-corrected chi connectivity index (χ1v) is 7.75. The Labute approximate surface area is 126 Å². The van der Waals surface area contributed by atoms with Crippen LogP contribution in [0.15, 0.2) is 46.6 Å². The monoisotopic (exact) mass is 272 g/mol. The van der Waals surface area contributed by atoms with Crippen LogP contribution in [0.1, 0.15) is 68.2 Å². The molecule has 0 saturated heterocycles. The smallest absolute Gasteiger partial charge is 0.00997 e. The molecule has 2 rings (SSSR count). The highest BCUT2D eigenvalue weighted by Gasteiger charge is 2.19. The SMILES string of the molecule is CC1=CC=C(C(C)(C)C)C1.CC1=CCC(C(C)(C)C)=C1. The van der Waals surface area contributed by atoms with E-state index in [4.69, 9.17) is 0 Å². The van der Waals surface area contributed by atoms with Crippen LogP contribution in [0.3, 0.4) is 0 Å². The van der Waals surface area contributed by atoms with Crippen molar-refractivity contribution in [2.75, 3.05) is 0 Å². The first kappa shape index (κ1) is 17.0. The van der Waals surface area contributed by atoms with Gasteiger partial charge < -0.3 is 0 Å². The van der Waals surface area contributed by atoms with Crippen LogP contribution in [0.4, 0.5) is 0 Å². The van der Waals surface area contributed by atoms with E-state index in [1.807, 2.05) is 0 Å². The minimum Gasteiger partial charge on any atom is -0.0775 e. The summed E-state index contributed by atoms with van der Waals surface area (Å²) in [5, 5.41) is 0. The summed E-state index contributed by atoms with van der Waals surface area (Å²) in [6, 6.07) is 0. The van der Waals surface area contributed by atoms with Crippen LogP contribution in [0.5, 0.6) is 0 Å². The Balaban J connectivity index is 0.000000200. The number of allylic oxidation sites excluding steroid dienone is 8. The van der Waals surface area contributed by atoms with Gasteiger partial charge in [-0.25, -0.2) is 0 Å². The van der Waals surface area contributed by atoms with E-state index in [2.05, 4.69) is 79.7 Å². The molecule has 0 nitrogen and oxygen atoms in total. The third kappa shape index (κ3) is 5.15. The number of rotatable bonds is 0. The van der Waals surface area contributed by atoms with Crippen molar-refractivity contribution in [3.8, 4) is 0 Å². The maximum Gasteiger partial charge on any atom is -0.00997 e. The Morgan fingerprint density at radius 1 is 0.800 bits per heavy atom. The Kier molecular flexibility index (Phi) is 5.24. The first-order chi connectivity index (χ1) is 9.00. The van der Waals surface area contributed by atoms with Crippen molar-refractivity contribution in [1.82, 2.24) is 0 Å². The molecule has 112 valence electrons. The van der Waals surface area contributed by atoms with E-state index in [1.54, 1.807) is 11.1 Å². The molecule has 0 aromatic rings. The van der Waals surface area contributed by atoms with Gasteiger partial charge in [0, 0.05) is 0 Å². The summed E-state index contributed by atoms with van der Waals surface area (Å²) in [4.78, 5) is 0. The highest BCUT2D eigenvalue weighted by atomic mass is 14.2. The van der Waals surface area contributed by atoms with E-state index in [9.17, 15) is 0 Å². The molecule has 0 aromatic heterocycles. The van der Waals surface area contributed by atoms with Gasteiger partial charge in [0.15, 0.2) is 0 Å². The van der Waals surface area contributed by atoms with Crippen molar-refractivity contribution in [2.45, 2.75) is 68.2 Å². The third-order valence-electron chi connectivity index (χ3n) is 4.01. The fourth-order valence-electron chi connectivity index (χ4n) is 2.36. The molecule has 2 aliphatic rings. The molecule has 20 heavy (non-hydrogen) atoms. The molecule has 0 unspecified atom stereocenters. The van der Waals surface area contributed by atoms with Gasteiger partial charge >= 0.3 is 0 Å². The Morgan fingerprint density at radius 2 is 1.35 bits per heavy atom. The summed E-state index contributed by atoms with van der Waals surface area (Å²) in [6.07, 6.45) is 11.4. The van der Waals surface area contributed by atoms with E-state index in [0.717, 1.165) is 6.42 Å². The second-order valence-corrected chi connectivity index (χ2v) is 8.20. The van der Waals surface area contributed by atoms with Gasteiger partial charge in [0.1, 0.15) is 0 Å². The summed E-state index contributed by atoms with van der Waals surface area (Å²) >= 11 is 0. The first-order valence-electron chi connectivity index (χ1n) is 7.75. The molecule has 0 amide bonds. The Morgan fingerprint density at radius 3 is 1.55 bits per heavy atom. The van der Waals surface area contributed by atoms with Gasteiger partial charge in [-0.05, 0) is 37.5 Å². The van der Waals surface area contributed by atoms with E-state index >= 15 is 0 Å². The van der Waals surface area contributed by atoms with Crippen molar-refractivity contribution in [3.63, 3.8) is 0 Å². The van der Waals surface area contributed by atoms with Gasteiger partial charge in [0.05, 0.1) is 0 Å². The van der Waals surface area contributed by atoms with Crippen molar-refractivity contribution < 1.29 is 0 Å². The predicted molar refractivity (Wildman–Crippen MR) is 91.8 cm³/mol. The average molecular weight is 272 g/mol. The average Bonchev–Trinajstić information content (AvgIpc) is 2.85. The molecule has 0 spiro atoms. The zero-order valence-electron chi connectivity index (χ0n) is 14.7. The van der Waals surface area contributed by atoms with E-state index in [-0.39, 0.29) is 0 Å². The summed E-state index contributed by atoms with van der Waals surface area (Å²) in [7, 11) is 0. The highest BCUT2D eigenvalue weighted by molar-refractivity contribution is 5.34. The minimum atomic E-state index is 0.369. The molecule has 0 atom stereocenters. The van der Waals surface area contributed by atoms with Crippen molar-refractivity contribution in [3.05, 3.63) is 46.6 Å². The molecule has 0 aliphatic heterocycles. The lowest BCUT2D eigenvalue weighted by Crippen LogP contribution is -2.07. The standard InChI is InChI=1S/2C10H16/c2*1-8-5-6-9(7-8)10(2,3)4/h5,7H,6H2,1-4H3;5-6H,7H2,1-4H3. The van der Waals surface area contributed by atoms with Gasteiger partial charge in [0.2, 0.25) is 0 Å². The summed E-state index contributed by atoms with van der Waals surface area (Å²) in [5.74, 6) is 0. The maximum atomic E-state index is 2.31. The second-order valence-electron chi connectivity index (χ2n) is 8.20. The van der Waals surface area contributed by atoms with Gasteiger partial charge in [-0.3, -0.25) is 0 Å². The molecule has 0 radical (unpaired) electrons. The highest BCUT2D eigenvalue weighted by Crippen LogP contribution is 2.34. The van der Waals surface area contributed by atoms with Crippen LogP contribution in [-0.2, 0) is 0 Å². The summed E-state index contributed by atoms with van der Waals surface area (Å²) < 4.78 is 0. The lowest BCUT2D eigenvalue weighted by Gasteiger charge is -2.20. The molecule has 0 fully saturated rings. The quantitative estimate of drug-likeness (QED) is 0.465. The molecular weight excluding hydrogens is 240 g/mol. The van der Waals surface area contributed by atoms with Crippen molar-refractivity contribution in [2.24, 2.45) is 10.8 Å². The molecule has 0 aromatic carbocycles. The van der Waals surface area contributed by atoms with Crippen LogP contribution in [0.25, 0.3) is 0 Å². The summed E-state index contributed by atoms with van der Waals surface area (Å²) in [6.45, 7) is 18.0. The fourth-order valence-corrected chi connectivity index (χ4v) is 2.36. The molecule has 0 heteroatoms. The topological polar surface area (TPSA) is 0 Å². The van der Waals surface area contributed by atoms with Crippen LogP contribution in [-0.4, -0.2) is 0 Å². The van der Waals surface area contributed by atoms with Crippen LogP contribution >= 0.6 is 0 Å². The maximum absolute atomic E-state index is 2.31. The molecule has 0 heterocycles. The van der Waals surface area contributed by atoms with Crippen LogP contribution in [0, 0.1) is 10.8 Å². The Hall–Kier alpha value is -1.04. The van der Waals surface area contributed by atoms with Crippen molar-refractivity contribution in [1.29, 1.82) is 0 Å².